The van der Waals surface area contributed by atoms with Gasteiger partial charge >= 0.3 is 6.18 Å². The van der Waals surface area contributed by atoms with Crippen LogP contribution in [0.25, 0.3) is 11.3 Å². The smallest absolute Gasteiger partial charge is 0.421 e. The van der Waals surface area contributed by atoms with Gasteiger partial charge in [0.25, 0.3) is 0 Å². The van der Waals surface area contributed by atoms with Crippen molar-refractivity contribution in [1.82, 2.24) is 15.2 Å². The fourth-order valence-electron chi connectivity index (χ4n) is 1.43. The average molecular weight is 290 g/mol. The van der Waals surface area contributed by atoms with Gasteiger partial charge in [0.1, 0.15) is 5.56 Å². The molecule has 8 heteroatoms. The molecule has 2 aromatic heterocycles. The monoisotopic (exact) mass is 289 g/mol. The molecule has 2 rings (SSSR count). The van der Waals surface area contributed by atoms with Gasteiger partial charge in [-0.1, -0.05) is 11.6 Å². The normalized spacial score (nSPS) is 11.4. The molecule has 0 aliphatic carbocycles. The summed E-state index contributed by atoms with van der Waals surface area (Å²) < 4.78 is 43.0. The largest absolute Gasteiger partial charge is 0.481 e. The summed E-state index contributed by atoms with van der Waals surface area (Å²) in [5.41, 5.74) is -0.549. The minimum absolute atomic E-state index is 0.154. The van der Waals surface area contributed by atoms with Gasteiger partial charge in [-0.15, -0.1) is 10.2 Å². The molecule has 0 unspecified atom stereocenters. The SMILES string of the molecule is COc1ncc(-c2ccc(Cl)nn2)cc1C(F)(F)F. The summed E-state index contributed by atoms with van der Waals surface area (Å²) in [5.74, 6) is -0.488. The van der Waals surface area contributed by atoms with Crippen LogP contribution in [0.15, 0.2) is 24.4 Å². The summed E-state index contributed by atoms with van der Waals surface area (Å²) in [5, 5.41) is 7.42. The molecule has 0 spiro atoms. The van der Waals surface area contributed by atoms with Crippen LogP contribution in [0.1, 0.15) is 5.56 Å². The van der Waals surface area contributed by atoms with Crippen LogP contribution in [-0.4, -0.2) is 22.3 Å². The van der Waals surface area contributed by atoms with Crippen molar-refractivity contribution < 1.29 is 17.9 Å². The molecule has 0 N–H and O–H groups in total. The van der Waals surface area contributed by atoms with Crippen molar-refractivity contribution in [2.45, 2.75) is 6.18 Å². The number of hydrogen-bond acceptors (Lipinski definition) is 4. The number of halogens is 4. The Hall–Kier alpha value is -1.89. The minimum atomic E-state index is -4.56. The minimum Gasteiger partial charge on any atom is -0.481 e. The molecule has 0 aromatic carbocycles. The third kappa shape index (κ3) is 2.93. The van der Waals surface area contributed by atoms with E-state index in [9.17, 15) is 13.2 Å². The van der Waals surface area contributed by atoms with E-state index in [0.717, 1.165) is 13.2 Å². The second kappa shape index (κ2) is 5.00. The molecular weight excluding hydrogens is 283 g/mol. The molecule has 4 nitrogen and oxygen atoms in total. The second-order valence-electron chi connectivity index (χ2n) is 3.52. The number of hydrogen-bond donors (Lipinski definition) is 0. The molecule has 0 radical (unpaired) electrons. The van der Waals surface area contributed by atoms with Crippen LogP contribution in [0.5, 0.6) is 5.88 Å². The van der Waals surface area contributed by atoms with Crippen molar-refractivity contribution in [1.29, 1.82) is 0 Å². The van der Waals surface area contributed by atoms with Gasteiger partial charge in [-0.25, -0.2) is 4.98 Å². The highest BCUT2D eigenvalue weighted by atomic mass is 35.5. The zero-order valence-electron chi connectivity index (χ0n) is 9.57. The first-order valence-corrected chi connectivity index (χ1v) is 5.40. The number of aromatic nitrogens is 3. The molecule has 19 heavy (non-hydrogen) atoms. The Morgan fingerprint density at radius 3 is 2.47 bits per heavy atom. The van der Waals surface area contributed by atoms with Crippen molar-refractivity contribution in [2.24, 2.45) is 0 Å². The summed E-state index contributed by atoms with van der Waals surface area (Å²) in [6.07, 6.45) is -3.33. The summed E-state index contributed by atoms with van der Waals surface area (Å²) >= 11 is 5.56. The van der Waals surface area contributed by atoms with E-state index in [2.05, 4.69) is 19.9 Å². The topological polar surface area (TPSA) is 47.9 Å². The van der Waals surface area contributed by atoms with E-state index >= 15 is 0 Å². The van der Waals surface area contributed by atoms with Crippen LogP contribution in [-0.2, 0) is 6.18 Å². The zero-order chi connectivity index (χ0) is 14.0. The molecule has 0 amide bonds. The Labute approximate surface area is 111 Å². The Morgan fingerprint density at radius 1 is 1.21 bits per heavy atom. The molecule has 0 fully saturated rings. The summed E-state index contributed by atoms with van der Waals surface area (Å²) in [7, 11) is 1.12. The molecule has 0 saturated heterocycles. The van der Waals surface area contributed by atoms with Crippen LogP contribution in [0.3, 0.4) is 0 Å². The highest BCUT2D eigenvalue weighted by Gasteiger charge is 2.35. The number of alkyl halides is 3. The van der Waals surface area contributed by atoms with Gasteiger partial charge in [0, 0.05) is 11.8 Å². The highest BCUT2D eigenvalue weighted by molar-refractivity contribution is 6.29. The number of methoxy groups -OCH3 is 1. The second-order valence-corrected chi connectivity index (χ2v) is 3.91. The van der Waals surface area contributed by atoms with E-state index in [4.69, 9.17) is 11.6 Å². The fourth-order valence-corrected chi connectivity index (χ4v) is 1.53. The summed E-state index contributed by atoms with van der Waals surface area (Å²) in [4.78, 5) is 3.62. The standard InChI is InChI=1S/C11H7ClF3N3O/c1-19-10-7(11(13,14)15)4-6(5-16-10)8-2-3-9(12)18-17-8/h2-5H,1H3. The number of ether oxygens (including phenoxy) is 1. The van der Waals surface area contributed by atoms with Crippen LogP contribution < -0.4 is 4.74 Å². The van der Waals surface area contributed by atoms with Crippen molar-refractivity contribution in [3.63, 3.8) is 0 Å². The lowest BCUT2D eigenvalue weighted by Crippen LogP contribution is -2.09. The van der Waals surface area contributed by atoms with Gasteiger partial charge in [-0.2, -0.15) is 13.2 Å². The summed E-state index contributed by atoms with van der Waals surface area (Å²) in [6.45, 7) is 0. The molecule has 100 valence electrons. The molecule has 0 aliphatic rings. The number of rotatable bonds is 2. The lowest BCUT2D eigenvalue weighted by Gasteiger charge is -2.11. The Morgan fingerprint density at radius 2 is 1.95 bits per heavy atom. The van der Waals surface area contributed by atoms with Gasteiger partial charge in [0.2, 0.25) is 5.88 Å². The van der Waals surface area contributed by atoms with Gasteiger partial charge < -0.3 is 4.74 Å². The molecule has 0 saturated carbocycles. The predicted molar refractivity (Wildman–Crippen MR) is 61.8 cm³/mol. The first kappa shape index (κ1) is 13.5. The first-order chi connectivity index (χ1) is 8.91. The average Bonchev–Trinajstić information content (AvgIpc) is 2.38. The fraction of sp³-hybridized carbons (Fsp3) is 0.182. The van der Waals surface area contributed by atoms with Crippen LogP contribution in [0.2, 0.25) is 5.15 Å². The maximum atomic E-state index is 12.8. The quantitative estimate of drug-likeness (QED) is 0.852. The van der Waals surface area contributed by atoms with Crippen molar-refractivity contribution in [3.8, 4) is 17.1 Å². The molecular formula is C11H7ClF3N3O. The molecule has 0 aliphatic heterocycles. The summed E-state index contributed by atoms with van der Waals surface area (Å²) in [6, 6.07) is 3.80. The zero-order valence-corrected chi connectivity index (χ0v) is 10.3. The maximum absolute atomic E-state index is 12.8. The third-order valence-electron chi connectivity index (χ3n) is 2.28. The van der Waals surface area contributed by atoms with Crippen LogP contribution >= 0.6 is 11.6 Å². The molecule has 2 heterocycles. The number of pyridine rings is 1. The van der Waals surface area contributed by atoms with E-state index in [0.29, 0.717) is 0 Å². The highest BCUT2D eigenvalue weighted by Crippen LogP contribution is 2.36. The maximum Gasteiger partial charge on any atom is 0.421 e. The van der Waals surface area contributed by atoms with Gasteiger partial charge in [-0.05, 0) is 18.2 Å². The Balaban J connectivity index is 2.52. The molecule has 0 bridgehead atoms. The predicted octanol–water partition coefficient (Wildman–Crippen LogP) is 3.22. The van der Waals surface area contributed by atoms with Crippen LogP contribution in [0, 0.1) is 0 Å². The van der Waals surface area contributed by atoms with Crippen molar-refractivity contribution >= 4 is 11.6 Å². The lowest BCUT2D eigenvalue weighted by atomic mass is 10.1. The number of nitrogens with zero attached hydrogens (tertiary/aromatic N) is 3. The van der Waals surface area contributed by atoms with E-state index in [1.165, 1.54) is 18.3 Å². The first-order valence-electron chi connectivity index (χ1n) is 5.02. The van der Waals surface area contributed by atoms with Crippen LogP contribution in [0.4, 0.5) is 13.2 Å². The van der Waals surface area contributed by atoms with Crippen molar-refractivity contribution in [3.05, 3.63) is 35.1 Å². The van der Waals surface area contributed by atoms with E-state index in [-0.39, 0.29) is 16.4 Å². The van der Waals surface area contributed by atoms with E-state index < -0.39 is 17.6 Å². The molecule has 2 aromatic rings. The lowest BCUT2D eigenvalue weighted by molar-refractivity contribution is -0.139. The van der Waals surface area contributed by atoms with E-state index in [1.807, 2.05) is 0 Å². The third-order valence-corrected chi connectivity index (χ3v) is 2.48. The van der Waals surface area contributed by atoms with Gasteiger partial charge in [-0.3, -0.25) is 0 Å². The van der Waals surface area contributed by atoms with Crippen molar-refractivity contribution in [2.75, 3.05) is 7.11 Å². The van der Waals surface area contributed by atoms with Gasteiger partial charge in [0.05, 0.1) is 12.8 Å². The Kier molecular flexibility index (Phi) is 3.57. The van der Waals surface area contributed by atoms with E-state index in [1.54, 1.807) is 0 Å². The van der Waals surface area contributed by atoms with Gasteiger partial charge in [0.15, 0.2) is 5.15 Å². The molecule has 0 atom stereocenters. The Bertz CT molecular complexity index is 587.